The van der Waals surface area contributed by atoms with Gasteiger partial charge in [-0.05, 0) is 31.5 Å². The second kappa shape index (κ2) is 7.17. The van der Waals surface area contributed by atoms with Crippen LogP contribution >= 0.6 is 0 Å². The molecule has 2 rings (SSSR count). The number of aliphatic carboxylic acids is 1. The van der Waals surface area contributed by atoms with Crippen molar-refractivity contribution in [2.75, 3.05) is 26.2 Å². The number of nitrogens with zero attached hydrogens (tertiary/aromatic N) is 2. The van der Waals surface area contributed by atoms with Crippen molar-refractivity contribution in [3.63, 3.8) is 0 Å². The van der Waals surface area contributed by atoms with Gasteiger partial charge < -0.3 is 5.11 Å². The lowest BCUT2D eigenvalue weighted by Crippen LogP contribution is -2.35. The molecule has 6 heteroatoms. The minimum atomic E-state index is -0.866. The zero-order valence-corrected chi connectivity index (χ0v) is 12.6. The van der Waals surface area contributed by atoms with Crippen LogP contribution in [-0.2, 0) is 4.79 Å². The van der Waals surface area contributed by atoms with Crippen LogP contribution in [0.3, 0.4) is 0 Å². The number of imide groups is 1. The Labute approximate surface area is 129 Å². The van der Waals surface area contributed by atoms with Gasteiger partial charge in [0.05, 0.1) is 17.7 Å². The van der Waals surface area contributed by atoms with E-state index in [1.165, 1.54) is 4.90 Å². The number of fused-ring (bicyclic) bond motifs is 1. The highest BCUT2D eigenvalue weighted by Gasteiger charge is 2.34. The summed E-state index contributed by atoms with van der Waals surface area (Å²) in [5.74, 6) is -1.39. The Morgan fingerprint density at radius 2 is 1.73 bits per heavy atom. The van der Waals surface area contributed by atoms with Crippen LogP contribution in [0.4, 0.5) is 0 Å². The molecule has 0 unspecified atom stereocenters. The lowest BCUT2D eigenvalue weighted by Gasteiger charge is -2.21. The third-order valence-electron chi connectivity index (χ3n) is 3.63. The van der Waals surface area contributed by atoms with Crippen LogP contribution < -0.4 is 0 Å². The first-order valence-electron chi connectivity index (χ1n) is 7.44. The predicted molar refractivity (Wildman–Crippen MR) is 80.8 cm³/mol. The molecule has 1 aromatic rings. The highest BCUT2D eigenvalue weighted by Crippen LogP contribution is 2.22. The van der Waals surface area contributed by atoms with Gasteiger partial charge in [0.15, 0.2) is 0 Å². The number of amides is 2. The van der Waals surface area contributed by atoms with E-state index in [2.05, 4.69) is 0 Å². The van der Waals surface area contributed by atoms with Crippen LogP contribution in [0, 0.1) is 0 Å². The summed E-state index contributed by atoms with van der Waals surface area (Å²) in [6.45, 7) is 3.52. The van der Waals surface area contributed by atoms with Gasteiger partial charge in [0.2, 0.25) is 0 Å². The van der Waals surface area contributed by atoms with Crippen LogP contribution in [0.25, 0.3) is 0 Å². The fourth-order valence-corrected chi connectivity index (χ4v) is 2.67. The van der Waals surface area contributed by atoms with Crippen molar-refractivity contribution in [2.24, 2.45) is 0 Å². The SMILES string of the molecule is CCCN(CCCN1C(=O)c2ccccc2C1=O)CC(=O)O. The number of rotatable bonds is 8. The minimum absolute atomic E-state index is 0.0179. The zero-order chi connectivity index (χ0) is 16.1. The summed E-state index contributed by atoms with van der Waals surface area (Å²) < 4.78 is 0. The van der Waals surface area contributed by atoms with Crippen molar-refractivity contribution in [2.45, 2.75) is 19.8 Å². The smallest absolute Gasteiger partial charge is 0.317 e. The minimum Gasteiger partial charge on any atom is -0.480 e. The molecule has 0 saturated carbocycles. The van der Waals surface area contributed by atoms with Gasteiger partial charge >= 0.3 is 5.97 Å². The molecule has 0 spiro atoms. The van der Waals surface area contributed by atoms with E-state index in [0.717, 1.165) is 6.42 Å². The second-order valence-corrected chi connectivity index (χ2v) is 5.33. The molecule has 0 aromatic heterocycles. The maximum absolute atomic E-state index is 12.2. The first-order chi connectivity index (χ1) is 10.5. The average Bonchev–Trinajstić information content (AvgIpc) is 2.72. The van der Waals surface area contributed by atoms with Crippen molar-refractivity contribution in [1.29, 1.82) is 0 Å². The van der Waals surface area contributed by atoms with Crippen LogP contribution in [-0.4, -0.2) is 58.9 Å². The predicted octanol–water partition coefficient (Wildman–Crippen LogP) is 1.47. The van der Waals surface area contributed by atoms with Crippen LogP contribution in [0.2, 0.25) is 0 Å². The molecule has 2 amide bonds. The van der Waals surface area contributed by atoms with E-state index >= 15 is 0 Å². The van der Waals surface area contributed by atoms with E-state index in [-0.39, 0.29) is 18.4 Å². The summed E-state index contributed by atoms with van der Waals surface area (Å²) in [5.41, 5.74) is 0.895. The normalized spacial score (nSPS) is 13.8. The van der Waals surface area contributed by atoms with E-state index in [4.69, 9.17) is 5.11 Å². The number of benzene rings is 1. The summed E-state index contributed by atoms with van der Waals surface area (Å²) in [4.78, 5) is 38.2. The molecule has 1 aromatic carbocycles. The molecule has 0 radical (unpaired) electrons. The Kier molecular flexibility index (Phi) is 5.27. The molecule has 0 aliphatic carbocycles. The van der Waals surface area contributed by atoms with E-state index in [1.807, 2.05) is 11.8 Å². The molecule has 1 heterocycles. The van der Waals surface area contributed by atoms with E-state index < -0.39 is 5.97 Å². The Morgan fingerprint density at radius 1 is 1.14 bits per heavy atom. The Bertz CT molecular complexity index is 550. The fraction of sp³-hybridized carbons (Fsp3) is 0.438. The number of carbonyl (C=O) groups excluding carboxylic acids is 2. The van der Waals surface area contributed by atoms with Gasteiger partial charge in [0, 0.05) is 13.1 Å². The molecule has 0 atom stereocenters. The Hall–Kier alpha value is -2.21. The molecular formula is C16H20N2O4. The molecule has 0 saturated heterocycles. The van der Waals surface area contributed by atoms with E-state index in [1.54, 1.807) is 24.3 Å². The lowest BCUT2D eigenvalue weighted by atomic mass is 10.1. The van der Waals surface area contributed by atoms with Gasteiger partial charge in [0.1, 0.15) is 0 Å². The quantitative estimate of drug-likeness (QED) is 0.736. The molecule has 0 fully saturated rings. The van der Waals surface area contributed by atoms with E-state index in [0.29, 0.717) is 37.2 Å². The van der Waals surface area contributed by atoms with Crippen LogP contribution in [0.5, 0.6) is 0 Å². The fourth-order valence-electron chi connectivity index (χ4n) is 2.67. The number of carbonyl (C=O) groups is 3. The van der Waals surface area contributed by atoms with Crippen LogP contribution in [0.15, 0.2) is 24.3 Å². The van der Waals surface area contributed by atoms with Gasteiger partial charge in [-0.25, -0.2) is 0 Å². The maximum atomic E-state index is 12.2. The number of hydrogen-bond donors (Lipinski definition) is 1. The molecule has 1 aliphatic rings. The molecule has 0 bridgehead atoms. The van der Waals surface area contributed by atoms with Gasteiger partial charge in [0.25, 0.3) is 11.8 Å². The van der Waals surface area contributed by atoms with Crippen LogP contribution in [0.1, 0.15) is 40.5 Å². The molecule has 1 N–H and O–H groups in total. The monoisotopic (exact) mass is 304 g/mol. The maximum Gasteiger partial charge on any atom is 0.317 e. The average molecular weight is 304 g/mol. The number of carboxylic acids is 1. The van der Waals surface area contributed by atoms with Gasteiger partial charge in [-0.15, -0.1) is 0 Å². The number of hydrogen-bond acceptors (Lipinski definition) is 4. The highest BCUT2D eigenvalue weighted by atomic mass is 16.4. The summed E-state index contributed by atoms with van der Waals surface area (Å²) >= 11 is 0. The summed E-state index contributed by atoms with van der Waals surface area (Å²) in [6.07, 6.45) is 1.43. The third kappa shape index (κ3) is 3.51. The van der Waals surface area contributed by atoms with Gasteiger partial charge in [-0.3, -0.25) is 24.2 Å². The standard InChI is InChI=1S/C16H20N2O4/c1-2-8-17(11-14(19)20)9-5-10-18-15(21)12-6-3-4-7-13(12)16(18)22/h3-4,6-7H,2,5,8-11H2,1H3,(H,19,20). The molecule has 22 heavy (non-hydrogen) atoms. The van der Waals surface area contributed by atoms with E-state index in [9.17, 15) is 14.4 Å². The second-order valence-electron chi connectivity index (χ2n) is 5.33. The summed E-state index contributed by atoms with van der Waals surface area (Å²) in [7, 11) is 0. The van der Waals surface area contributed by atoms with Crippen molar-refractivity contribution in [3.8, 4) is 0 Å². The molecule has 6 nitrogen and oxygen atoms in total. The first-order valence-corrected chi connectivity index (χ1v) is 7.44. The number of carboxylic acid groups (broad SMARTS) is 1. The van der Waals surface area contributed by atoms with Crippen molar-refractivity contribution in [1.82, 2.24) is 9.80 Å². The third-order valence-corrected chi connectivity index (χ3v) is 3.63. The van der Waals surface area contributed by atoms with Gasteiger partial charge in [-0.1, -0.05) is 19.1 Å². The Morgan fingerprint density at radius 3 is 2.23 bits per heavy atom. The topological polar surface area (TPSA) is 77.9 Å². The lowest BCUT2D eigenvalue weighted by molar-refractivity contribution is -0.138. The summed E-state index contributed by atoms with van der Waals surface area (Å²) in [6, 6.07) is 6.79. The van der Waals surface area contributed by atoms with Crippen molar-refractivity contribution >= 4 is 17.8 Å². The molecule has 1 aliphatic heterocycles. The highest BCUT2D eigenvalue weighted by molar-refractivity contribution is 6.21. The largest absolute Gasteiger partial charge is 0.480 e. The molecule has 118 valence electrons. The first kappa shape index (κ1) is 16.2. The zero-order valence-electron chi connectivity index (χ0n) is 12.6. The molecular weight excluding hydrogens is 284 g/mol. The van der Waals surface area contributed by atoms with Gasteiger partial charge in [-0.2, -0.15) is 0 Å². The summed E-state index contributed by atoms with van der Waals surface area (Å²) in [5, 5.41) is 8.86. The Balaban J connectivity index is 1.91. The van der Waals surface area contributed by atoms with Crippen molar-refractivity contribution in [3.05, 3.63) is 35.4 Å². The van der Waals surface area contributed by atoms with Crippen molar-refractivity contribution < 1.29 is 19.5 Å².